The van der Waals surface area contributed by atoms with E-state index >= 15 is 0 Å². The highest BCUT2D eigenvalue weighted by Gasteiger charge is 2.23. The second-order valence-electron chi connectivity index (χ2n) is 4.88. The summed E-state index contributed by atoms with van der Waals surface area (Å²) in [6.45, 7) is 2.06. The van der Waals surface area contributed by atoms with Gasteiger partial charge in [0.1, 0.15) is 29.1 Å². The molecule has 0 saturated carbocycles. The second-order valence-corrected chi connectivity index (χ2v) is 4.88. The molecule has 1 unspecified atom stereocenters. The van der Waals surface area contributed by atoms with E-state index < -0.39 is 0 Å². The Morgan fingerprint density at radius 2 is 2.26 bits per heavy atom. The summed E-state index contributed by atoms with van der Waals surface area (Å²) < 4.78 is 13.0. The Balaban J connectivity index is 2.16. The fraction of sp³-hybridized carbons (Fsp3) is 0.357. The number of nitrogens with zero attached hydrogens (tertiary/aromatic N) is 2. The van der Waals surface area contributed by atoms with Gasteiger partial charge in [0.15, 0.2) is 0 Å². The second kappa shape index (κ2) is 4.19. The lowest BCUT2D eigenvalue weighted by Gasteiger charge is -2.10. The van der Waals surface area contributed by atoms with Crippen molar-refractivity contribution in [3.63, 3.8) is 0 Å². The number of benzene rings is 1. The Labute approximate surface area is 112 Å². The summed E-state index contributed by atoms with van der Waals surface area (Å²) in [5, 5.41) is 0. The number of aromatic nitrogens is 2. The van der Waals surface area contributed by atoms with Gasteiger partial charge >= 0.3 is 0 Å². The van der Waals surface area contributed by atoms with Crippen molar-refractivity contribution < 1.29 is 9.47 Å². The van der Waals surface area contributed by atoms with Gasteiger partial charge in [-0.1, -0.05) is 0 Å². The molecule has 0 saturated heterocycles. The van der Waals surface area contributed by atoms with Gasteiger partial charge in [-0.25, -0.2) is 4.98 Å². The van der Waals surface area contributed by atoms with Crippen molar-refractivity contribution in [2.75, 3.05) is 12.8 Å². The standard InChI is InChI=1S/C14H17N3O2/c1-8-4-9-5-12(18-3)10(6-11(9)19-8)13-14(15)17(2)7-16-13/h5-8H,4,15H2,1-3H3. The van der Waals surface area contributed by atoms with Crippen LogP contribution in [0.25, 0.3) is 11.3 Å². The van der Waals surface area contributed by atoms with Gasteiger partial charge in [-0.2, -0.15) is 0 Å². The number of nitrogens with two attached hydrogens (primary N) is 1. The summed E-state index contributed by atoms with van der Waals surface area (Å²) in [6.07, 6.45) is 2.81. The first-order chi connectivity index (χ1) is 9.10. The van der Waals surface area contributed by atoms with Gasteiger partial charge < -0.3 is 19.8 Å². The average molecular weight is 259 g/mol. The van der Waals surface area contributed by atoms with Crippen LogP contribution in [0.3, 0.4) is 0 Å². The number of hydrogen-bond donors (Lipinski definition) is 1. The summed E-state index contributed by atoms with van der Waals surface area (Å²) in [5.74, 6) is 2.29. The smallest absolute Gasteiger partial charge is 0.131 e. The van der Waals surface area contributed by atoms with E-state index in [1.807, 2.05) is 19.2 Å². The third-order valence-electron chi connectivity index (χ3n) is 3.46. The number of nitrogen functional groups attached to an aromatic ring is 1. The Morgan fingerprint density at radius 1 is 1.47 bits per heavy atom. The lowest BCUT2D eigenvalue weighted by molar-refractivity contribution is 0.254. The minimum absolute atomic E-state index is 0.205. The number of aryl methyl sites for hydroxylation is 1. The molecule has 0 spiro atoms. The molecule has 3 rings (SSSR count). The maximum absolute atomic E-state index is 6.03. The largest absolute Gasteiger partial charge is 0.496 e. The number of methoxy groups -OCH3 is 1. The Morgan fingerprint density at radius 3 is 2.89 bits per heavy atom. The molecule has 0 amide bonds. The van der Waals surface area contributed by atoms with Crippen molar-refractivity contribution >= 4 is 5.82 Å². The molecule has 0 fully saturated rings. The van der Waals surface area contributed by atoms with E-state index in [0.717, 1.165) is 29.2 Å². The van der Waals surface area contributed by atoms with Gasteiger partial charge in [-0.3, -0.25) is 0 Å². The van der Waals surface area contributed by atoms with Crippen LogP contribution in [0.15, 0.2) is 18.5 Å². The van der Waals surface area contributed by atoms with E-state index in [9.17, 15) is 0 Å². The molecular weight excluding hydrogens is 242 g/mol. The van der Waals surface area contributed by atoms with E-state index in [-0.39, 0.29) is 6.10 Å². The van der Waals surface area contributed by atoms with Crippen LogP contribution in [0.5, 0.6) is 11.5 Å². The number of imidazole rings is 1. The molecule has 5 nitrogen and oxygen atoms in total. The van der Waals surface area contributed by atoms with Crippen LogP contribution in [0, 0.1) is 0 Å². The van der Waals surface area contributed by atoms with Crippen molar-refractivity contribution in [2.45, 2.75) is 19.4 Å². The van der Waals surface area contributed by atoms with E-state index in [0.29, 0.717) is 5.82 Å². The van der Waals surface area contributed by atoms with E-state index in [1.165, 1.54) is 5.56 Å². The van der Waals surface area contributed by atoms with Crippen molar-refractivity contribution in [1.29, 1.82) is 0 Å². The lowest BCUT2D eigenvalue weighted by Crippen LogP contribution is -2.05. The zero-order valence-electron chi connectivity index (χ0n) is 11.3. The van der Waals surface area contributed by atoms with Crippen LogP contribution >= 0.6 is 0 Å². The molecule has 5 heteroatoms. The third kappa shape index (κ3) is 1.82. The van der Waals surface area contributed by atoms with E-state index in [2.05, 4.69) is 11.9 Å². The predicted molar refractivity (Wildman–Crippen MR) is 73.4 cm³/mol. The van der Waals surface area contributed by atoms with Crippen molar-refractivity contribution in [3.05, 3.63) is 24.0 Å². The van der Waals surface area contributed by atoms with Crippen LogP contribution in [-0.4, -0.2) is 22.8 Å². The third-order valence-corrected chi connectivity index (χ3v) is 3.46. The van der Waals surface area contributed by atoms with Crippen LogP contribution in [0.1, 0.15) is 12.5 Å². The summed E-state index contributed by atoms with van der Waals surface area (Å²) in [5.41, 5.74) is 8.80. The van der Waals surface area contributed by atoms with Crippen molar-refractivity contribution in [2.24, 2.45) is 7.05 Å². The lowest BCUT2D eigenvalue weighted by atomic mass is 10.0. The summed E-state index contributed by atoms with van der Waals surface area (Å²) in [7, 11) is 3.52. The molecule has 0 radical (unpaired) electrons. The van der Waals surface area contributed by atoms with Crippen LogP contribution < -0.4 is 15.2 Å². The van der Waals surface area contributed by atoms with E-state index in [1.54, 1.807) is 18.0 Å². The fourth-order valence-electron chi connectivity index (χ4n) is 2.44. The number of rotatable bonds is 2. The molecule has 2 heterocycles. The van der Waals surface area contributed by atoms with Crippen molar-refractivity contribution in [3.8, 4) is 22.8 Å². The first kappa shape index (κ1) is 11.9. The topological polar surface area (TPSA) is 62.3 Å². The molecule has 1 aliphatic rings. The highest BCUT2D eigenvalue weighted by molar-refractivity contribution is 5.77. The van der Waals surface area contributed by atoms with Gasteiger partial charge in [0.05, 0.1) is 13.4 Å². The SMILES string of the molecule is COc1cc2c(cc1-c1ncn(C)c1N)OC(C)C2. The summed E-state index contributed by atoms with van der Waals surface area (Å²) in [6, 6.07) is 3.98. The Hall–Kier alpha value is -2.17. The van der Waals surface area contributed by atoms with Gasteiger partial charge in [-0.15, -0.1) is 0 Å². The molecule has 19 heavy (non-hydrogen) atoms. The molecule has 1 aliphatic heterocycles. The zero-order valence-corrected chi connectivity index (χ0v) is 11.3. The summed E-state index contributed by atoms with van der Waals surface area (Å²) >= 11 is 0. The maximum Gasteiger partial charge on any atom is 0.131 e. The fourth-order valence-corrected chi connectivity index (χ4v) is 2.44. The van der Waals surface area contributed by atoms with Gasteiger partial charge in [0.25, 0.3) is 0 Å². The molecular formula is C14H17N3O2. The minimum Gasteiger partial charge on any atom is -0.496 e. The van der Waals surface area contributed by atoms with Crippen LogP contribution in [-0.2, 0) is 13.5 Å². The number of hydrogen-bond acceptors (Lipinski definition) is 4. The quantitative estimate of drug-likeness (QED) is 0.896. The predicted octanol–water partition coefficient (Wildman–Crippen LogP) is 2.00. The molecule has 1 atom stereocenters. The molecule has 2 N–H and O–H groups in total. The maximum atomic E-state index is 6.03. The molecule has 1 aromatic heterocycles. The minimum atomic E-state index is 0.205. The average Bonchev–Trinajstić information content (AvgIpc) is 2.90. The molecule has 0 aliphatic carbocycles. The number of fused-ring (bicyclic) bond motifs is 1. The van der Waals surface area contributed by atoms with E-state index in [4.69, 9.17) is 15.2 Å². The number of anilines is 1. The number of ether oxygens (including phenoxy) is 2. The van der Waals surface area contributed by atoms with Gasteiger partial charge in [0.2, 0.25) is 0 Å². The zero-order chi connectivity index (χ0) is 13.6. The normalized spacial score (nSPS) is 17.1. The van der Waals surface area contributed by atoms with Gasteiger partial charge in [-0.05, 0) is 19.1 Å². The Kier molecular flexibility index (Phi) is 2.62. The van der Waals surface area contributed by atoms with Crippen molar-refractivity contribution in [1.82, 2.24) is 9.55 Å². The first-order valence-electron chi connectivity index (χ1n) is 6.25. The molecule has 1 aromatic carbocycles. The monoisotopic (exact) mass is 259 g/mol. The summed E-state index contributed by atoms with van der Waals surface area (Å²) in [4.78, 5) is 4.34. The Bertz CT molecular complexity index is 634. The van der Waals surface area contributed by atoms with Crippen LogP contribution in [0.2, 0.25) is 0 Å². The van der Waals surface area contributed by atoms with Gasteiger partial charge in [0, 0.05) is 24.6 Å². The molecule has 100 valence electrons. The van der Waals surface area contributed by atoms with Crippen LogP contribution in [0.4, 0.5) is 5.82 Å². The molecule has 2 aromatic rings. The molecule has 0 bridgehead atoms. The first-order valence-corrected chi connectivity index (χ1v) is 6.25. The highest BCUT2D eigenvalue weighted by atomic mass is 16.5. The highest BCUT2D eigenvalue weighted by Crippen LogP contribution is 2.40.